The molecule has 1 fully saturated rings. The number of rotatable bonds is 3. The third-order valence-corrected chi connectivity index (χ3v) is 3.76. The summed E-state index contributed by atoms with van der Waals surface area (Å²) in [6.07, 6.45) is 4.85. The Bertz CT molecular complexity index is 496. The number of anilines is 1. The van der Waals surface area contributed by atoms with Gasteiger partial charge in [-0.15, -0.1) is 0 Å². The van der Waals surface area contributed by atoms with Crippen molar-refractivity contribution < 1.29 is 4.79 Å². The Kier molecular flexibility index (Phi) is 3.66. The molecule has 0 aromatic heterocycles. The Morgan fingerprint density at radius 3 is 2.61 bits per heavy atom. The Morgan fingerprint density at radius 1 is 1.39 bits per heavy atom. The van der Waals surface area contributed by atoms with Crippen molar-refractivity contribution in [1.29, 1.82) is 5.26 Å². The van der Waals surface area contributed by atoms with Gasteiger partial charge in [0.2, 0.25) is 0 Å². The Labute approximate surface area is 108 Å². The van der Waals surface area contributed by atoms with E-state index in [2.05, 4.69) is 11.0 Å². The molecule has 3 heteroatoms. The monoisotopic (exact) mass is 242 g/mol. The van der Waals surface area contributed by atoms with Crippen LogP contribution in [0.1, 0.15) is 48.5 Å². The third kappa shape index (κ3) is 2.38. The van der Waals surface area contributed by atoms with E-state index < -0.39 is 0 Å². The Hall–Kier alpha value is -1.82. The maximum atomic E-state index is 11.7. The summed E-state index contributed by atoms with van der Waals surface area (Å²) in [6, 6.07) is 7.94. The zero-order valence-electron chi connectivity index (χ0n) is 10.9. The fraction of sp³-hybridized carbons (Fsp3) is 0.467. The highest BCUT2D eigenvalue weighted by atomic mass is 16.1. The zero-order valence-corrected chi connectivity index (χ0v) is 10.9. The number of nitriles is 1. The van der Waals surface area contributed by atoms with Crippen LogP contribution in [-0.4, -0.2) is 18.9 Å². The second-order valence-electron chi connectivity index (χ2n) is 4.95. The normalized spacial score (nSPS) is 15.4. The lowest BCUT2D eigenvalue weighted by molar-refractivity contribution is 0.101. The van der Waals surface area contributed by atoms with Crippen molar-refractivity contribution in [3.05, 3.63) is 29.3 Å². The van der Waals surface area contributed by atoms with E-state index in [-0.39, 0.29) is 5.78 Å². The lowest BCUT2D eigenvalue weighted by atomic mass is 10.0. The van der Waals surface area contributed by atoms with E-state index in [0.717, 1.165) is 5.69 Å². The van der Waals surface area contributed by atoms with Gasteiger partial charge in [-0.25, -0.2) is 0 Å². The first-order valence-corrected chi connectivity index (χ1v) is 6.41. The lowest BCUT2D eigenvalue weighted by Crippen LogP contribution is -2.30. The van der Waals surface area contributed by atoms with Gasteiger partial charge in [-0.3, -0.25) is 4.79 Å². The van der Waals surface area contributed by atoms with Crippen LogP contribution >= 0.6 is 0 Å². The van der Waals surface area contributed by atoms with E-state index in [9.17, 15) is 4.79 Å². The van der Waals surface area contributed by atoms with Crippen LogP contribution in [0.25, 0.3) is 0 Å². The molecule has 0 radical (unpaired) electrons. The molecule has 0 bridgehead atoms. The first-order valence-electron chi connectivity index (χ1n) is 6.41. The van der Waals surface area contributed by atoms with Crippen molar-refractivity contribution in [3.8, 4) is 6.07 Å². The first-order chi connectivity index (χ1) is 8.63. The molecule has 2 rings (SSSR count). The molecule has 1 aromatic carbocycles. The fourth-order valence-electron chi connectivity index (χ4n) is 2.68. The molecule has 18 heavy (non-hydrogen) atoms. The van der Waals surface area contributed by atoms with Crippen LogP contribution in [-0.2, 0) is 0 Å². The molecule has 1 saturated carbocycles. The van der Waals surface area contributed by atoms with Crippen molar-refractivity contribution in [1.82, 2.24) is 0 Å². The quantitative estimate of drug-likeness (QED) is 0.765. The maximum absolute atomic E-state index is 11.7. The number of hydrogen-bond acceptors (Lipinski definition) is 3. The summed E-state index contributed by atoms with van der Waals surface area (Å²) < 4.78 is 0. The number of hydrogen-bond donors (Lipinski definition) is 0. The van der Waals surface area contributed by atoms with Crippen molar-refractivity contribution in [3.63, 3.8) is 0 Å². The van der Waals surface area contributed by atoms with Crippen LogP contribution in [0.5, 0.6) is 0 Å². The molecule has 3 nitrogen and oxygen atoms in total. The summed E-state index contributed by atoms with van der Waals surface area (Å²) in [4.78, 5) is 13.8. The minimum atomic E-state index is 0.0549. The molecule has 1 aliphatic rings. The summed E-state index contributed by atoms with van der Waals surface area (Å²) in [5.41, 5.74) is 2.22. The van der Waals surface area contributed by atoms with Crippen LogP contribution < -0.4 is 4.90 Å². The highest BCUT2D eigenvalue weighted by Gasteiger charge is 2.22. The van der Waals surface area contributed by atoms with Gasteiger partial charge in [0, 0.05) is 24.3 Å². The number of Topliss-reactive ketones (excluding diaryl/α,β-unsaturated/α-hetero) is 1. The summed E-state index contributed by atoms with van der Waals surface area (Å²) in [6.45, 7) is 1.58. The van der Waals surface area contributed by atoms with E-state index >= 15 is 0 Å². The van der Waals surface area contributed by atoms with Crippen LogP contribution in [0.15, 0.2) is 18.2 Å². The molecule has 0 spiro atoms. The van der Waals surface area contributed by atoms with Crippen LogP contribution in [0.3, 0.4) is 0 Å². The molecular weight excluding hydrogens is 224 g/mol. The smallest absolute Gasteiger partial charge is 0.161 e. The molecule has 0 N–H and O–H groups in total. The third-order valence-electron chi connectivity index (χ3n) is 3.76. The Morgan fingerprint density at radius 2 is 2.06 bits per heavy atom. The van der Waals surface area contributed by atoms with Gasteiger partial charge in [0.05, 0.1) is 11.6 Å². The molecule has 1 aliphatic carbocycles. The first kappa shape index (κ1) is 12.6. The number of carbonyl (C=O) groups is 1. The summed E-state index contributed by atoms with van der Waals surface area (Å²) in [5.74, 6) is 0.0549. The van der Waals surface area contributed by atoms with Gasteiger partial charge in [0.1, 0.15) is 0 Å². The van der Waals surface area contributed by atoms with Gasteiger partial charge in [-0.1, -0.05) is 12.8 Å². The molecule has 0 amide bonds. The highest BCUT2D eigenvalue weighted by Crippen LogP contribution is 2.30. The van der Waals surface area contributed by atoms with Crippen LogP contribution in [0, 0.1) is 11.3 Å². The molecular formula is C15H18N2O. The van der Waals surface area contributed by atoms with Crippen molar-refractivity contribution in [2.24, 2.45) is 0 Å². The molecule has 0 heterocycles. The van der Waals surface area contributed by atoms with Crippen molar-refractivity contribution in [2.45, 2.75) is 38.6 Å². The molecule has 1 aromatic rings. The maximum Gasteiger partial charge on any atom is 0.161 e. The van der Waals surface area contributed by atoms with Crippen LogP contribution in [0.4, 0.5) is 5.69 Å². The van der Waals surface area contributed by atoms with Gasteiger partial charge in [0.15, 0.2) is 5.78 Å². The summed E-state index contributed by atoms with van der Waals surface area (Å²) >= 11 is 0. The van der Waals surface area contributed by atoms with E-state index in [1.807, 2.05) is 13.1 Å². The molecule has 0 atom stereocenters. The van der Waals surface area contributed by atoms with Crippen molar-refractivity contribution in [2.75, 3.05) is 11.9 Å². The topological polar surface area (TPSA) is 44.1 Å². The van der Waals surface area contributed by atoms with E-state index in [1.165, 1.54) is 25.7 Å². The average molecular weight is 242 g/mol. The standard InChI is InChI=1S/C15H18N2O/c1-11(18)14-8-7-12(10-16)9-15(14)17(2)13-5-3-4-6-13/h7-9,13H,3-6H2,1-2H3. The average Bonchev–Trinajstić information content (AvgIpc) is 2.90. The second-order valence-corrected chi connectivity index (χ2v) is 4.95. The summed E-state index contributed by atoms with van der Waals surface area (Å²) in [5, 5.41) is 8.99. The predicted octanol–water partition coefficient (Wildman–Crippen LogP) is 3.14. The number of benzene rings is 1. The van der Waals surface area contributed by atoms with Crippen molar-refractivity contribution >= 4 is 11.5 Å². The van der Waals surface area contributed by atoms with Gasteiger partial charge in [-0.05, 0) is 38.0 Å². The molecule has 0 aliphatic heterocycles. The lowest BCUT2D eigenvalue weighted by Gasteiger charge is -2.28. The number of nitrogens with zero attached hydrogens (tertiary/aromatic N) is 2. The number of carbonyl (C=O) groups excluding carboxylic acids is 1. The zero-order chi connectivity index (χ0) is 13.1. The number of ketones is 1. The van der Waals surface area contributed by atoms with Gasteiger partial charge in [-0.2, -0.15) is 5.26 Å². The SMILES string of the molecule is CC(=O)c1ccc(C#N)cc1N(C)C1CCCC1. The molecule has 0 saturated heterocycles. The second kappa shape index (κ2) is 5.22. The van der Waals surface area contributed by atoms with E-state index in [1.54, 1.807) is 19.1 Å². The minimum absolute atomic E-state index is 0.0549. The van der Waals surface area contributed by atoms with E-state index in [0.29, 0.717) is 17.2 Å². The molecule has 0 unspecified atom stereocenters. The predicted molar refractivity (Wildman–Crippen MR) is 71.8 cm³/mol. The van der Waals surface area contributed by atoms with Gasteiger partial charge < -0.3 is 4.90 Å². The summed E-state index contributed by atoms with van der Waals surface area (Å²) in [7, 11) is 2.03. The largest absolute Gasteiger partial charge is 0.371 e. The Balaban J connectivity index is 2.39. The van der Waals surface area contributed by atoms with E-state index in [4.69, 9.17) is 5.26 Å². The van der Waals surface area contributed by atoms with Crippen LogP contribution in [0.2, 0.25) is 0 Å². The van der Waals surface area contributed by atoms with Gasteiger partial charge in [0.25, 0.3) is 0 Å². The minimum Gasteiger partial charge on any atom is -0.371 e. The van der Waals surface area contributed by atoms with Gasteiger partial charge >= 0.3 is 0 Å². The fourth-order valence-corrected chi connectivity index (χ4v) is 2.68. The molecule has 94 valence electrons. The highest BCUT2D eigenvalue weighted by molar-refractivity contribution is 6.00.